The Morgan fingerprint density at radius 3 is 2.81 bits per heavy atom. The van der Waals surface area contributed by atoms with Gasteiger partial charge >= 0.3 is 0 Å². The number of nitrogens with one attached hydrogen (secondary N) is 1. The van der Waals surface area contributed by atoms with Crippen molar-refractivity contribution in [2.45, 2.75) is 32.7 Å². The summed E-state index contributed by atoms with van der Waals surface area (Å²) in [6.45, 7) is 11.9. The van der Waals surface area contributed by atoms with Crippen molar-refractivity contribution in [2.75, 3.05) is 59.5 Å². The molecule has 0 aromatic rings. The molecule has 0 aromatic heterocycles. The number of ether oxygens (including phenoxy) is 1. The van der Waals surface area contributed by atoms with Crippen LogP contribution >= 0.6 is 0 Å². The number of aliphatic imine (C=N–C) groups is 1. The quantitative estimate of drug-likeness (QED) is 0.365. The molecule has 1 unspecified atom stereocenters. The molecule has 124 valence electrons. The molecule has 1 saturated heterocycles. The van der Waals surface area contributed by atoms with Crippen LogP contribution in [0.2, 0.25) is 0 Å². The van der Waals surface area contributed by atoms with E-state index in [9.17, 15) is 0 Å². The summed E-state index contributed by atoms with van der Waals surface area (Å²) in [5.74, 6) is 0.564. The Bertz CT molecular complexity index is 292. The lowest BCUT2D eigenvalue weighted by Crippen LogP contribution is -2.40. The van der Waals surface area contributed by atoms with Crippen LogP contribution in [0.1, 0.15) is 26.7 Å². The highest BCUT2D eigenvalue weighted by molar-refractivity contribution is 5.77. The summed E-state index contributed by atoms with van der Waals surface area (Å²) in [4.78, 5) is 9.13. The van der Waals surface area contributed by atoms with Crippen molar-refractivity contribution in [3.05, 3.63) is 0 Å². The van der Waals surface area contributed by atoms with Crippen LogP contribution in [-0.2, 0) is 4.74 Å². The summed E-state index contributed by atoms with van der Waals surface area (Å²) in [6, 6.07) is 0.610. The van der Waals surface area contributed by atoms with E-state index in [2.05, 4.69) is 41.0 Å². The van der Waals surface area contributed by atoms with E-state index >= 15 is 0 Å². The molecular formula is C15H33N5O. The van der Waals surface area contributed by atoms with Crippen molar-refractivity contribution >= 4 is 5.96 Å². The van der Waals surface area contributed by atoms with Gasteiger partial charge in [0, 0.05) is 45.3 Å². The summed E-state index contributed by atoms with van der Waals surface area (Å²) >= 11 is 0. The predicted octanol–water partition coefficient (Wildman–Crippen LogP) is 0.343. The molecule has 1 heterocycles. The standard InChI is InChI=1S/C15H33N5O/c1-4-14(2)19(3)9-7-18-15(16)17-6-5-8-20-10-12-21-13-11-20/h14H,4-13H2,1-3H3,(H3,16,17,18). The van der Waals surface area contributed by atoms with Gasteiger partial charge in [0.15, 0.2) is 5.96 Å². The van der Waals surface area contributed by atoms with Gasteiger partial charge in [-0.2, -0.15) is 0 Å². The van der Waals surface area contributed by atoms with Gasteiger partial charge in [0.25, 0.3) is 0 Å². The van der Waals surface area contributed by atoms with E-state index < -0.39 is 0 Å². The number of morpholine rings is 1. The van der Waals surface area contributed by atoms with E-state index in [1.165, 1.54) is 6.42 Å². The highest BCUT2D eigenvalue weighted by Crippen LogP contribution is 1.99. The Kier molecular flexibility index (Phi) is 9.37. The molecule has 3 N–H and O–H groups in total. The average Bonchev–Trinajstić information content (AvgIpc) is 2.51. The van der Waals surface area contributed by atoms with Gasteiger partial charge < -0.3 is 20.7 Å². The molecule has 0 saturated carbocycles. The zero-order valence-corrected chi connectivity index (χ0v) is 14.0. The van der Waals surface area contributed by atoms with Gasteiger partial charge in [-0.15, -0.1) is 0 Å². The van der Waals surface area contributed by atoms with E-state index in [1.807, 2.05) is 0 Å². The summed E-state index contributed by atoms with van der Waals surface area (Å²) in [6.07, 6.45) is 2.22. The molecule has 0 spiro atoms. The monoisotopic (exact) mass is 299 g/mol. The highest BCUT2D eigenvalue weighted by atomic mass is 16.5. The third-order valence-electron chi connectivity index (χ3n) is 4.13. The van der Waals surface area contributed by atoms with Crippen LogP contribution in [0.4, 0.5) is 0 Å². The zero-order chi connectivity index (χ0) is 15.5. The maximum Gasteiger partial charge on any atom is 0.188 e. The number of likely N-dealkylation sites (N-methyl/N-ethyl adjacent to an activating group) is 1. The average molecular weight is 299 g/mol. The Labute approximate surface area is 129 Å². The molecule has 1 fully saturated rings. The van der Waals surface area contributed by atoms with Gasteiger partial charge in [0.1, 0.15) is 0 Å². The van der Waals surface area contributed by atoms with Crippen LogP contribution in [0.15, 0.2) is 4.99 Å². The predicted molar refractivity (Wildman–Crippen MR) is 88.8 cm³/mol. The number of rotatable bonds is 9. The zero-order valence-electron chi connectivity index (χ0n) is 14.0. The number of hydrogen-bond donors (Lipinski definition) is 2. The molecule has 1 rings (SSSR count). The summed E-state index contributed by atoms with van der Waals surface area (Å²) < 4.78 is 5.33. The maximum atomic E-state index is 5.87. The van der Waals surface area contributed by atoms with Gasteiger partial charge in [0.05, 0.1) is 13.2 Å². The third-order valence-corrected chi connectivity index (χ3v) is 4.13. The highest BCUT2D eigenvalue weighted by Gasteiger charge is 2.09. The molecule has 0 radical (unpaired) electrons. The molecule has 6 heteroatoms. The fourth-order valence-electron chi connectivity index (χ4n) is 2.27. The fourth-order valence-corrected chi connectivity index (χ4v) is 2.27. The minimum absolute atomic E-state index is 0.564. The van der Waals surface area contributed by atoms with E-state index in [4.69, 9.17) is 10.5 Å². The van der Waals surface area contributed by atoms with Crippen molar-refractivity contribution in [3.63, 3.8) is 0 Å². The van der Waals surface area contributed by atoms with Gasteiger partial charge in [-0.3, -0.25) is 9.89 Å². The minimum Gasteiger partial charge on any atom is -0.379 e. The van der Waals surface area contributed by atoms with E-state index in [0.29, 0.717) is 12.0 Å². The summed E-state index contributed by atoms with van der Waals surface area (Å²) in [5.41, 5.74) is 5.87. The minimum atomic E-state index is 0.564. The Morgan fingerprint density at radius 1 is 1.43 bits per heavy atom. The molecule has 0 aromatic carbocycles. The smallest absolute Gasteiger partial charge is 0.188 e. The molecule has 0 bridgehead atoms. The largest absolute Gasteiger partial charge is 0.379 e. The van der Waals surface area contributed by atoms with Crippen LogP contribution in [0.5, 0.6) is 0 Å². The second kappa shape index (κ2) is 10.8. The van der Waals surface area contributed by atoms with Crippen molar-refractivity contribution in [1.29, 1.82) is 0 Å². The van der Waals surface area contributed by atoms with Gasteiger partial charge in [-0.05, 0) is 26.8 Å². The van der Waals surface area contributed by atoms with E-state index in [1.54, 1.807) is 0 Å². The van der Waals surface area contributed by atoms with Gasteiger partial charge in [0.2, 0.25) is 0 Å². The van der Waals surface area contributed by atoms with E-state index in [0.717, 1.165) is 58.9 Å². The molecular weight excluding hydrogens is 266 g/mol. The number of guanidine groups is 1. The fraction of sp³-hybridized carbons (Fsp3) is 0.933. The van der Waals surface area contributed by atoms with Crippen molar-refractivity contribution in [1.82, 2.24) is 15.1 Å². The lowest BCUT2D eigenvalue weighted by molar-refractivity contribution is 0.0377. The van der Waals surface area contributed by atoms with Crippen LogP contribution in [0.3, 0.4) is 0 Å². The summed E-state index contributed by atoms with van der Waals surface area (Å²) in [5, 5.41) is 3.18. The number of hydrogen-bond acceptors (Lipinski definition) is 4. The van der Waals surface area contributed by atoms with Crippen molar-refractivity contribution < 1.29 is 4.74 Å². The number of nitrogens with two attached hydrogens (primary N) is 1. The first-order chi connectivity index (χ1) is 10.1. The molecule has 21 heavy (non-hydrogen) atoms. The normalized spacial score (nSPS) is 19.0. The lowest BCUT2D eigenvalue weighted by atomic mass is 10.2. The molecule has 0 aliphatic carbocycles. The topological polar surface area (TPSA) is 66.1 Å². The first kappa shape index (κ1) is 18.2. The van der Waals surface area contributed by atoms with Crippen LogP contribution < -0.4 is 11.1 Å². The van der Waals surface area contributed by atoms with Gasteiger partial charge in [-0.25, -0.2) is 0 Å². The van der Waals surface area contributed by atoms with E-state index in [-0.39, 0.29) is 0 Å². The third kappa shape index (κ3) is 8.24. The number of nitrogens with zero attached hydrogens (tertiary/aromatic N) is 3. The van der Waals surface area contributed by atoms with Crippen LogP contribution in [0.25, 0.3) is 0 Å². The van der Waals surface area contributed by atoms with Crippen molar-refractivity contribution in [2.24, 2.45) is 10.7 Å². The Balaban J connectivity index is 2.04. The SMILES string of the molecule is CCC(C)N(C)CCNC(N)=NCCCN1CCOCC1. The lowest BCUT2D eigenvalue weighted by Gasteiger charge is -2.26. The first-order valence-corrected chi connectivity index (χ1v) is 8.17. The maximum absolute atomic E-state index is 5.87. The molecule has 0 amide bonds. The summed E-state index contributed by atoms with van der Waals surface area (Å²) in [7, 11) is 2.14. The van der Waals surface area contributed by atoms with Crippen LogP contribution in [-0.4, -0.2) is 81.3 Å². The molecule has 1 atom stereocenters. The van der Waals surface area contributed by atoms with Gasteiger partial charge in [-0.1, -0.05) is 6.92 Å². The van der Waals surface area contributed by atoms with Crippen molar-refractivity contribution in [3.8, 4) is 0 Å². The Hall–Kier alpha value is -0.850. The van der Waals surface area contributed by atoms with Crippen LogP contribution in [0, 0.1) is 0 Å². The first-order valence-electron chi connectivity index (χ1n) is 8.17. The Morgan fingerprint density at radius 2 is 2.14 bits per heavy atom. The second-order valence-corrected chi connectivity index (χ2v) is 5.74. The molecule has 1 aliphatic heterocycles. The second-order valence-electron chi connectivity index (χ2n) is 5.74. The molecule has 6 nitrogen and oxygen atoms in total. The molecule has 1 aliphatic rings.